The number of pyridine rings is 1. The maximum Gasteiger partial charge on any atom is 0.135 e. The minimum absolute atomic E-state index is 0.984. The molecule has 4 heterocycles. The molecule has 4 aromatic rings. The molecule has 4 rings (SSSR count). The van der Waals surface area contributed by atoms with Crippen LogP contribution in [0.5, 0.6) is 0 Å². The number of aromatic nitrogens is 4. The molecule has 0 fully saturated rings. The molecule has 0 aliphatic heterocycles. The number of nitrogens with zero attached hydrogens (tertiary/aromatic N) is 4. The molecule has 0 saturated carbocycles. The molecule has 4 nitrogen and oxygen atoms in total. The first-order chi connectivity index (χ1) is 10.4. The van der Waals surface area contributed by atoms with Crippen molar-refractivity contribution in [3.8, 4) is 30.3 Å². The Morgan fingerprint density at radius 1 is 0.714 bits per heavy atom. The molecule has 0 aliphatic rings. The lowest BCUT2D eigenvalue weighted by Gasteiger charge is -1.92. The SMILES string of the molecule is c1cc(-c2ncc(-c3ncc(-c4nccs4)s3)s2)ccn1. The minimum Gasteiger partial charge on any atom is -0.265 e. The molecule has 0 N–H and O–H groups in total. The highest BCUT2D eigenvalue weighted by molar-refractivity contribution is 7.26. The molecule has 0 aliphatic carbocycles. The second-order valence-corrected chi connectivity index (χ2v) is 7.09. The van der Waals surface area contributed by atoms with E-state index in [1.807, 2.05) is 36.1 Å². The lowest BCUT2D eigenvalue weighted by atomic mass is 10.3. The molecule has 0 aromatic carbocycles. The summed E-state index contributed by atoms with van der Waals surface area (Å²) in [5.74, 6) is 0. The number of thiazole rings is 3. The van der Waals surface area contributed by atoms with Gasteiger partial charge in [0.15, 0.2) is 0 Å². The van der Waals surface area contributed by atoms with Gasteiger partial charge < -0.3 is 0 Å². The second-order valence-electron chi connectivity index (χ2n) is 4.13. The van der Waals surface area contributed by atoms with Crippen LogP contribution in [0.3, 0.4) is 0 Å². The Bertz CT molecular complexity index is 849. The van der Waals surface area contributed by atoms with Gasteiger partial charge in [-0.1, -0.05) is 0 Å². The first-order valence-electron chi connectivity index (χ1n) is 6.12. The molecule has 0 unspecified atom stereocenters. The maximum atomic E-state index is 4.49. The van der Waals surface area contributed by atoms with Crippen molar-refractivity contribution in [1.82, 2.24) is 19.9 Å². The fourth-order valence-electron chi connectivity index (χ4n) is 1.83. The van der Waals surface area contributed by atoms with E-state index in [4.69, 9.17) is 0 Å². The normalized spacial score (nSPS) is 10.9. The summed E-state index contributed by atoms with van der Waals surface area (Å²) < 4.78 is 0. The van der Waals surface area contributed by atoms with Crippen LogP contribution < -0.4 is 0 Å². The third-order valence-electron chi connectivity index (χ3n) is 2.79. The molecule has 0 spiro atoms. The molecule has 0 bridgehead atoms. The predicted octanol–water partition coefficient (Wildman–Crippen LogP) is 4.45. The third kappa shape index (κ3) is 2.51. The van der Waals surface area contributed by atoms with Gasteiger partial charge in [0.05, 0.1) is 9.75 Å². The van der Waals surface area contributed by atoms with E-state index >= 15 is 0 Å². The van der Waals surface area contributed by atoms with Crippen LogP contribution in [0.15, 0.2) is 48.5 Å². The smallest absolute Gasteiger partial charge is 0.135 e. The number of hydrogen-bond acceptors (Lipinski definition) is 7. The van der Waals surface area contributed by atoms with Gasteiger partial charge in [-0.3, -0.25) is 4.98 Å². The zero-order chi connectivity index (χ0) is 14.1. The predicted molar refractivity (Wildman–Crippen MR) is 87.6 cm³/mol. The van der Waals surface area contributed by atoms with Crippen LogP contribution in [-0.4, -0.2) is 19.9 Å². The second kappa shape index (κ2) is 5.44. The zero-order valence-corrected chi connectivity index (χ0v) is 13.1. The Morgan fingerprint density at radius 3 is 2.19 bits per heavy atom. The number of hydrogen-bond donors (Lipinski definition) is 0. The van der Waals surface area contributed by atoms with Crippen molar-refractivity contribution in [2.75, 3.05) is 0 Å². The Balaban J connectivity index is 1.67. The highest BCUT2D eigenvalue weighted by atomic mass is 32.1. The monoisotopic (exact) mass is 328 g/mol. The Hall–Kier alpha value is -1.96. The van der Waals surface area contributed by atoms with Gasteiger partial charge in [-0.05, 0) is 12.1 Å². The summed E-state index contributed by atoms with van der Waals surface area (Å²) in [6.45, 7) is 0. The molecule has 0 radical (unpaired) electrons. The largest absolute Gasteiger partial charge is 0.265 e. The van der Waals surface area contributed by atoms with Crippen LogP contribution in [0, 0.1) is 0 Å². The first-order valence-corrected chi connectivity index (χ1v) is 8.64. The molecular formula is C14H8N4S3. The Kier molecular flexibility index (Phi) is 3.30. The van der Waals surface area contributed by atoms with E-state index in [1.165, 1.54) is 0 Å². The van der Waals surface area contributed by atoms with Crippen LogP contribution >= 0.6 is 34.0 Å². The van der Waals surface area contributed by atoms with Gasteiger partial charge in [-0.15, -0.1) is 34.0 Å². The van der Waals surface area contributed by atoms with Gasteiger partial charge in [0.2, 0.25) is 0 Å². The third-order valence-corrected chi connectivity index (χ3v) is 5.95. The van der Waals surface area contributed by atoms with Crippen molar-refractivity contribution in [3.63, 3.8) is 0 Å². The highest BCUT2D eigenvalue weighted by Crippen LogP contribution is 2.37. The van der Waals surface area contributed by atoms with Crippen molar-refractivity contribution in [2.24, 2.45) is 0 Å². The van der Waals surface area contributed by atoms with Crippen LogP contribution in [0.4, 0.5) is 0 Å². The van der Waals surface area contributed by atoms with E-state index in [0.717, 1.165) is 30.3 Å². The van der Waals surface area contributed by atoms with Gasteiger partial charge in [-0.2, -0.15) is 0 Å². The lowest BCUT2D eigenvalue weighted by molar-refractivity contribution is 1.32. The minimum atomic E-state index is 0.984. The fraction of sp³-hybridized carbons (Fsp3) is 0. The van der Waals surface area contributed by atoms with Crippen LogP contribution in [0.25, 0.3) is 30.3 Å². The Labute approximate surface area is 132 Å². The van der Waals surface area contributed by atoms with Gasteiger partial charge in [0.1, 0.15) is 15.0 Å². The number of rotatable bonds is 3. The van der Waals surface area contributed by atoms with Gasteiger partial charge in [0, 0.05) is 41.9 Å². The molecule has 21 heavy (non-hydrogen) atoms. The Morgan fingerprint density at radius 2 is 1.43 bits per heavy atom. The summed E-state index contributed by atoms with van der Waals surface area (Å²) >= 11 is 4.92. The topological polar surface area (TPSA) is 51.6 Å². The lowest BCUT2D eigenvalue weighted by Crippen LogP contribution is -1.74. The van der Waals surface area contributed by atoms with Crippen molar-refractivity contribution in [1.29, 1.82) is 0 Å². The van der Waals surface area contributed by atoms with E-state index in [2.05, 4.69) is 19.9 Å². The fourth-order valence-corrected chi connectivity index (χ4v) is 4.42. The summed E-state index contributed by atoms with van der Waals surface area (Å²) in [5.41, 5.74) is 1.08. The maximum absolute atomic E-state index is 4.49. The van der Waals surface area contributed by atoms with E-state index in [1.54, 1.807) is 46.4 Å². The van der Waals surface area contributed by atoms with Gasteiger partial charge >= 0.3 is 0 Å². The van der Waals surface area contributed by atoms with Crippen molar-refractivity contribution < 1.29 is 0 Å². The average molecular weight is 328 g/mol. The van der Waals surface area contributed by atoms with E-state index in [0.29, 0.717) is 0 Å². The van der Waals surface area contributed by atoms with Crippen LogP contribution in [0.1, 0.15) is 0 Å². The molecule has 0 amide bonds. The quantitative estimate of drug-likeness (QED) is 0.557. The molecular weight excluding hydrogens is 320 g/mol. The zero-order valence-electron chi connectivity index (χ0n) is 10.6. The highest BCUT2D eigenvalue weighted by Gasteiger charge is 2.12. The van der Waals surface area contributed by atoms with E-state index < -0.39 is 0 Å². The van der Waals surface area contributed by atoms with Crippen molar-refractivity contribution >= 4 is 34.0 Å². The summed E-state index contributed by atoms with van der Waals surface area (Å²) in [5, 5.41) is 4.96. The van der Waals surface area contributed by atoms with Crippen LogP contribution in [0.2, 0.25) is 0 Å². The summed E-state index contributed by atoms with van der Waals surface area (Å²) in [6, 6.07) is 3.93. The summed E-state index contributed by atoms with van der Waals surface area (Å²) in [6.07, 6.45) is 9.13. The van der Waals surface area contributed by atoms with Crippen molar-refractivity contribution in [2.45, 2.75) is 0 Å². The molecule has 4 aromatic heterocycles. The average Bonchev–Trinajstić information content (AvgIpc) is 3.27. The van der Waals surface area contributed by atoms with Crippen molar-refractivity contribution in [3.05, 3.63) is 48.5 Å². The van der Waals surface area contributed by atoms with Crippen LogP contribution in [-0.2, 0) is 0 Å². The summed E-state index contributed by atoms with van der Waals surface area (Å²) in [4.78, 5) is 19.5. The molecule has 0 saturated heterocycles. The van der Waals surface area contributed by atoms with E-state index in [9.17, 15) is 0 Å². The van der Waals surface area contributed by atoms with Gasteiger partial charge in [-0.25, -0.2) is 15.0 Å². The van der Waals surface area contributed by atoms with E-state index in [-0.39, 0.29) is 0 Å². The molecule has 7 heteroatoms. The summed E-state index contributed by atoms with van der Waals surface area (Å²) in [7, 11) is 0. The first kappa shape index (κ1) is 12.8. The molecule has 102 valence electrons. The van der Waals surface area contributed by atoms with Gasteiger partial charge in [0.25, 0.3) is 0 Å². The standard InChI is InChI=1S/C14H8N4S3/c1-3-15-4-2-9(1)12-17-8-11(20-12)14-18-7-10(21-14)13-16-5-6-19-13/h1-8H. The molecule has 0 atom stereocenters.